The number of phenolic OH excluding ortho intramolecular Hbond substituents is 1. The molecule has 34 heavy (non-hydrogen) atoms. The summed E-state index contributed by atoms with van der Waals surface area (Å²) in [6.07, 6.45) is 4.38. The van der Waals surface area contributed by atoms with Gasteiger partial charge in [0.1, 0.15) is 0 Å². The van der Waals surface area contributed by atoms with Gasteiger partial charge in [-0.3, -0.25) is 0 Å². The van der Waals surface area contributed by atoms with Gasteiger partial charge in [0, 0.05) is 0 Å². The zero-order valence-corrected chi connectivity index (χ0v) is 23.1. The molecule has 0 saturated heterocycles. The molecule has 6 N–H and O–H groups in total. The summed E-state index contributed by atoms with van der Waals surface area (Å²) in [5, 5.41) is 22.5. The molecule has 0 aliphatic heterocycles. The standard InChI is InChI=1S/C24H40AsN2O6P/c1-16(2)22(26)23(30)25-21(12-17-8-10-19(28)11-9-17)24(31)27-13-20(29)15-34(32,33)14-18-6-4-3-5-7-18/h8-11,16,18,20-22,25,28-29H,3-7,12-15,26H2,1-2H3,(H,27,31)(H,32,33). The Morgan fingerprint density at radius 1 is 1.18 bits per heavy atom. The Morgan fingerprint density at radius 2 is 1.79 bits per heavy atom. The monoisotopic (exact) mass is 558 g/mol. The third-order valence-electron chi connectivity index (χ3n) is 6.31. The molecule has 0 radical (unpaired) electrons. The number of benzene rings is 1. The second kappa shape index (κ2) is 13.8. The van der Waals surface area contributed by atoms with E-state index in [2.05, 4.69) is 5.32 Å². The molecule has 0 heterocycles. The van der Waals surface area contributed by atoms with Crippen molar-refractivity contribution in [2.24, 2.45) is 17.6 Å². The Morgan fingerprint density at radius 3 is 2.38 bits per heavy atom. The summed E-state index contributed by atoms with van der Waals surface area (Å²) in [6.45, 7) is 3.58. The van der Waals surface area contributed by atoms with Crippen LogP contribution in [0.15, 0.2) is 24.3 Å². The van der Waals surface area contributed by atoms with Gasteiger partial charge in [0.05, 0.1) is 0 Å². The molecule has 1 aromatic carbocycles. The van der Waals surface area contributed by atoms with E-state index >= 15 is 0 Å². The minimum atomic E-state index is -3.49. The van der Waals surface area contributed by atoms with Gasteiger partial charge < -0.3 is 0 Å². The molecule has 2 rings (SSSR count). The Kier molecular flexibility index (Phi) is 11.8. The summed E-state index contributed by atoms with van der Waals surface area (Å²) in [7, 11) is -3.49. The van der Waals surface area contributed by atoms with Crippen LogP contribution >= 0.6 is 7.37 Å². The van der Waals surface area contributed by atoms with Crippen LogP contribution in [0.1, 0.15) is 51.5 Å². The van der Waals surface area contributed by atoms with E-state index in [1.807, 2.05) is 13.8 Å². The number of phenols is 1. The Balaban J connectivity index is 1.95. The van der Waals surface area contributed by atoms with Gasteiger partial charge in [0.15, 0.2) is 0 Å². The summed E-state index contributed by atoms with van der Waals surface area (Å²) in [4.78, 5) is 36.0. The van der Waals surface area contributed by atoms with Crippen molar-refractivity contribution >= 4 is 33.6 Å². The normalized spacial score (nSPS) is 19.6. The van der Waals surface area contributed by atoms with E-state index in [0.717, 1.165) is 31.2 Å². The molecule has 5 atom stereocenters. The first-order valence-electron chi connectivity index (χ1n) is 12.1. The van der Waals surface area contributed by atoms with Crippen LogP contribution in [0.25, 0.3) is 0 Å². The number of hydrogen-bond acceptors (Lipinski definition) is 6. The number of hydrogen-bond donors (Lipinski definition) is 5. The molecular weight excluding hydrogens is 518 g/mol. The SMILES string of the molecule is CC(C)C(N)C(=O)[AsH]C(Cc1ccc(O)cc1)C(=O)NCC(O)CP(=O)(O)CC1CCCCC1. The second-order valence-electron chi connectivity index (χ2n) is 9.82. The molecular formula is C24H40AsN2O6P. The molecule has 1 saturated carbocycles. The zero-order chi connectivity index (χ0) is 25.3. The van der Waals surface area contributed by atoms with Crippen LogP contribution in [0.5, 0.6) is 5.75 Å². The number of aliphatic hydroxyl groups is 1. The Hall–Kier alpha value is -1.17. The third-order valence-corrected chi connectivity index (χ3v) is 11.4. The zero-order valence-electron chi connectivity index (χ0n) is 20.2. The van der Waals surface area contributed by atoms with Gasteiger partial charge in [-0.15, -0.1) is 0 Å². The fourth-order valence-electron chi connectivity index (χ4n) is 4.23. The van der Waals surface area contributed by atoms with Crippen LogP contribution in [0, 0.1) is 11.8 Å². The van der Waals surface area contributed by atoms with Crippen molar-refractivity contribution < 1.29 is 29.3 Å². The number of nitrogens with two attached hydrogens (primary N) is 1. The van der Waals surface area contributed by atoms with Gasteiger partial charge in [-0.25, -0.2) is 0 Å². The number of carbonyl (C=O) groups is 2. The summed E-state index contributed by atoms with van der Waals surface area (Å²) in [6, 6.07) is 5.84. The fourth-order valence-corrected chi connectivity index (χ4v) is 9.36. The average molecular weight is 558 g/mol. The topological polar surface area (TPSA) is 150 Å². The van der Waals surface area contributed by atoms with Crippen LogP contribution in [0.4, 0.5) is 0 Å². The van der Waals surface area contributed by atoms with Gasteiger partial charge in [0.25, 0.3) is 0 Å². The average Bonchev–Trinajstić information content (AvgIpc) is 2.77. The van der Waals surface area contributed by atoms with E-state index in [0.29, 0.717) is 6.42 Å². The predicted molar refractivity (Wildman–Crippen MR) is 136 cm³/mol. The van der Waals surface area contributed by atoms with E-state index in [-0.39, 0.29) is 46.9 Å². The van der Waals surface area contributed by atoms with Crippen molar-refractivity contribution in [2.75, 3.05) is 18.9 Å². The van der Waals surface area contributed by atoms with Crippen LogP contribution in [0.2, 0.25) is 4.71 Å². The molecule has 1 aromatic rings. The summed E-state index contributed by atoms with van der Waals surface area (Å²) in [5.74, 6) is -0.0547. The van der Waals surface area contributed by atoms with E-state index < -0.39 is 40.0 Å². The van der Waals surface area contributed by atoms with Crippen molar-refractivity contribution in [1.29, 1.82) is 0 Å². The Bertz CT molecular complexity index is 844. The maximum atomic E-state index is 13.0. The van der Waals surface area contributed by atoms with Gasteiger partial charge in [-0.1, -0.05) is 0 Å². The van der Waals surface area contributed by atoms with Crippen molar-refractivity contribution in [1.82, 2.24) is 5.32 Å². The summed E-state index contributed by atoms with van der Waals surface area (Å²) < 4.78 is 12.0. The van der Waals surface area contributed by atoms with Crippen molar-refractivity contribution in [3.63, 3.8) is 0 Å². The second-order valence-corrected chi connectivity index (χ2v) is 15.3. The fraction of sp³-hybridized carbons (Fsp3) is 0.667. The van der Waals surface area contributed by atoms with E-state index in [9.17, 15) is 29.3 Å². The van der Waals surface area contributed by atoms with Crippen molar-refractivity contribution in [3.05, 3.63) is 29.8 Å². The van der Waals surface area contributed by atoms with Crippen LogP contribution < -0.4 is 11.1 Å². The van der Waals surface area contributed by atoms with Gasteiger partial charge >= 0.3 is 209 Å². The number of rotatable bonds is 13. The van der Waals surface area contributed by atoms with E-state index in [1.54, 1.807) is 12.1 Å². The molecule has 1 aliphatic carbocycles. The molecule has 1 fully saturated rings. The summed E-state index contributed by atoms with van der Waals surface area (Å²) >= 11 is -1.41. The van der Waals surface area contributed by atoms with Gasteiger partial charge in [-0.05, 0) is 0 Å². The molecule has 10 heteroatoms. The number of aliphatic hydroxyl groups excluding tert-OH is 1. The molecule has 0 aromatic heterocycles. The van der Waals surface area contributed by atoms with Crippen molar-refractivity contribution in [2.45, 2.75) is 69.2 Å². The molecule has 0 bridgehead atoms. The van der Waals surface area contributed by atoms with Gasteiger partial charge in [-0.2, -0.15) is 0 Å². The molecule has 0 spiro atoms. The Labute approximate surface area is 209 Å². The molecule has 1 aliphatic rings. The minimum absolute atomic E-state index is 0.0293. The third kappa shape index (κ3) is 10.2. The first-order chi connectivity index (χ1) is 16.0. The van der Waals surface area contributed by atoms with E-state index in [1.165, 1.54) is 18.6 Å². The molecule has 1 amide bonds. The predicted octanol–water partition coefficient (Wildman–Crippen LogP) is 2.00. The first kappa shape index (κ1) is 29.1. The van der Waals surface area contributed by atoms with Crippen LogP contribution in [-0.2, 0) is 20.6 Å². The summed E-state index contributed by atoms with van der Waals surface area (Å²) in [5.41, 5.74) is 6.81. The van der Waals surface area contributed by atoms with E-state index in [4.69, 9.17) is 5.73 Å². The number of aromatic hydroxyl groups is 1. The molecule has 8 nitrogen and oxygen atoms in total. The van der Waals surface area contributed by atoms with Crippen LogP contribution in [0.3, 0.4) is 0 Å². The van der Waals surface area contributed by atoms with Gasteiger partial charge in [0.2, 0.25) is 0 Å². The number of carbonyl (C=O) groups excluding carboxylic acids is 2. The quantitative estimate of drug-likeness (QED) is 0.184. The molecule has 5 unspecified atom stereocenters. The maximum absolute atomic E-state index is 13.0. The van der Waals surface area contributed by atoms with Crippen molar-refractivity contribution in [3.8, 4) is 5.75 Å². The number of amides is 1. The first-order valence-corrected chi connectivity index (χ1v) is 16.4. The van der Waals surface area contributed by atoms with Crippen LogP contribution in [-0.4, -0.2) is 72.4 Å². The number of nitrogens with one attached hydrogen (secondary N) is 1. The molecule has 192 valence electrons.